The van der Waals surface area contributed by atoms with E-state index in [0.717, 1.165) is 25.7 Å². The normalized spacial score (nSPS) is 13.4. The molecule has 9 heteroatoms. The fraction of sp³-hybridized carbons (Fsp3) is 0.600. The van der Waals surface area contributed by atoms with Crippen molar-refractivity contribution in [2.24, 2.45) is 0 Å². The van der Waals surface area contributed by atoms with Gasteiger partial charge in [0.2, 0.25) is 0 Å². The summed E-state index contributed by atoms with van der Waals surface area (Å²) in [5, 5.41) is 0. The van der Waals surface area contributed by atoms with E-state index >= 15 is 0 Å². The predicted octanol–water partition coefficient (Wildman–Crippen LogP) is 7.44. The molecule has 0 aliphatic rings. The van der Waals surface area contributed by atoms with Crippen LogP contribution in [0.4, 0.5) is 0 Å². The largest absolute Gasteiger partial charge is 0.469 e. The van der Waals surface area contributed by atoms with Gasteiger partial charge in [-0.3, -0.25) is 14.1 Å². The third-order valence-electron chi connectivity index (χ3n) is 5.43. The quantitative estimate of drug-likeness (QED) is 0.0533. The van der Waals surface area contributed by atoms with Gasteiger partial charge in [0.1, 0.15) is 6.61 Å². The molecule has 222 valence electrons. The molecule has 39 heavy (non-hydrogen) atoms. The van der Waals surface area contributed by atoms with Crippen LogP contribution in [0.25, 0.3) is 0 Å². The lowest BCUT2D eigenvalue weighted by molar-refractivity contribution is -0.161. The lowest BCUT2D eigenvalue weighted by Crippen LogP contribution is -2.29. The van der Waals surface area contributed by atoms with Gasteiger partial charge in [0.15, 0.2) is 6.10 Å². The highest BCUT2D eigenvalue weighted by atomic mass is 31.2. The van der Waals surface area contributed by atoms with Gasteiger partial charge in [0, 0.05) is 12.8 Å². The Balaban J connectivity index is 4.29. The molecule has 0 heterocycles. The van der Waals surface area contributed by atoms with Crippen LogP contribution in [0.5, 0.6) is 0 Å². The van der Waals surface area contributed by atoms with Crippen molar-refractivity contribution in [3.05, 3.63) is 60.8 Å². The van der Waals surface area contributed by atoms with Crippen LogP contribution in [-0.4, -0.2) is 41.0 Å². The van der Waals surface area contributed by atoms with Gasteiger partial charge in [0.25, 0.3) is 0 Å². The van der Waals surface area contributed by atoms with Crippen LogP contribution in [0, 0.1) is 0 Å². The first-order chi connectivity index (χ1) is 18.8. The maximum absolute atomic E-state index is 12.2. The Morgan fingerprint density at radius 2 is 1.23 bits per heavy atom. The zero-order chi connectivity index (χ0) is 29.0. The van der Waals surface area contributed by atoms with Gasteiger partial charge in [-0.1, -0.05) is 120 Å². The average molecular weight is 569 g/mol. The SMILES string of the molecule is CC/C=C/C=C/C=C/C=C/C=C/CCCC(=O)OC(COC(=O)CCCCCCCCCC)COP(=O)(O)O. The van der Waals surface area contributed by atoms with Crippen LogP contribution in [0.1, 0.15) is 97.3 Å². The maximum Gasteiger partial charge on any atom is 0.469 e. The van der Waals surface area contributed by atoms with Gasteiger partial charge in [-0.25, -0.2) is 4.57 Å². The Bertz CT molecular complexity index is 823. The molecular formula is C30H49O8P. The van der Waals surface area contributed by atoms with Gasteiger partial charge < -0.3 is 19.3 Å². The van der Waals surface area contributed by atoms with Crippen LogP contribution in [-0.2, 0) is 28.2 Å². The van der Waals surface area contributed by atoms with Crippen LogP contribution < -0.4 is 0 Å². The van der Waals surface area contributed by atoms with E-state index in [1.807, 2.05) is 54.7 Å². The number of ether oxygens (including phenoxy) is 2. The Kier molecular flexibility index (Phi) is 24.5. The summed E-state index contributed by atoms with van der Waals surface area (Å²) in [6.07, 6.45) is 29.7. The van der Waals surface area contributed by atoms with E-state index in [1.165, 1.54) is 25.7 Å². The second kappa shape index (κ2) is 26.0. The van der Waals surface area contributed by atoms with Crippen molar-refractivity contribution < 1.29 is 37.9 Å². The summed E-state index contributed by atoms with van der Waals surface area (Å²) in [6.45, 7) is 3.38. The lowest BCUT2D eigenvalue weighted by atomic mass is 10.1. The third-order valence-corrected chi connectivity index (χ3v) is 5.91. The maximum atomic E-state index is 12.2. The molecule has 0 aromatic carbocycles. The van der Waals surface area contributed by atoms with Crippen LogP contribution in [0.15, 0.2) is 60.8 Å². The Morgan fingerprint density at radius 1 is 0.692 bits per heavy atom. The monoisotopic (exact) mass is 568 g/mol. The van der Waals surface area contributed by atoms with Crippen molar-refractivity contribution in [1.29, 1.82) is 0 Å². The highest BCUT2D eigenvalue weighted by molar-refractivity contribution is 7.46. The van der Waals surface area contributed by atoms with E-state index in [2.05, 4.69) is 24.4 Å². The molecule has 0 fully saturated rings. The molecule has 1 unspecified atom stereocenters. The van der Waals surface area contributed by atoms with E-state index in [9.17, 15) is 14.2 Å². The van der Waals surface area contributed by atoms with E-state index in [0.29, 0.717) is 19.3 Å². The Labute approximate surface area is 235 Å². The summed E-state index contributed by atoms with van der Waals surface area (Å²) in [4.78, 5) is 42.2. The fourth-order valence-corrected chi connectivity index (χ4v) is 3.70. The standard InChI is InChI=1S/C30H49O8P/c1-3-5-7-9-11-13-14-15-16-17-19-21-23-25-30(32)38-28(27-37-39(33,34)35)26-36-29(31)24-22-20-18-12-10-8-6-4-2/h5,7,9,11,13-17,19,28H,3-4,6,8,10,12,18,20-27H2,1-2H3,(H2,33,34,35)/b7-5+,11-9+,14-13+,16-15+,19-17+. The number of rotatable bonds is 24. The number of esters is 2. The van der Waals surface area contributed by atoms with Crippen LogP contribution in [0.2, 0.25) is 0 Å². The zero-order valence-corrected chi connectivity index (χ0v) is 24.6. The lowest BCUT2D eigenvalue weighted by Gasteiger charge is -2.18. The average Bonchev–Trinajstić information content (AvgIpc) is 2.89. The minimum atomic E-state index is -4.76. The van der Waals surface area contributed by atoms with Gasteiger partial charge in [0.05, 0.1) is 6.61 Å². The molecule has 0 amide bonds. The van der Waals surface area contributed by atoms with Crippen LogP contribution in [0.3, 0.4) is 0 Å². The van der Waals surface area contributed by atoms with E-state index in [-0.39, 0.29) is 19.4 Å². The Hall–Kier alpha value is -2.25. The third kappa shape index (κ3) is 28.6. The molecule has 0 aromatic heterocycles. The number of phosphoric acid groups is 1. The zero-order valence-electron chi connectivity index (χ0n) is 23.7. The minimum Gasteiger partial charge on any atom is -0.462 e. The summed E-state index contributed by atoms with van der Waals surface area (Å²) in [5.74, 6) is -0.986. The van der Waals surface area contributed by atoms with Gasteiger partial charge >= 0.3 is 19.8 Å². The van der Waals surface area contributed by atoms with Gasteiger partial charge in [-0.2, -0.15) is 0 Å². The van der Waals surface area contributed by atoms with Crippen molar-refractivity contribution in [1.82, 2.24) is 0 Å². The minimum absolute atomic E-state index is 0.114. The molecule has 8 nitrogen and oxygen atoms in total. The molecule has 0 spiro atoms. The summed E-state index contributed by atoms with van der Waals surface area (Å²) in [6, 6.07) is 0. The first-order valence-corrected chi connectivity index (χ1v) is 15.7. The number of allylic oxidation sites excluding steroid dienone is 10. The topological polar surface area (TPSA) is 119 Å². The molecule has 0 aliphatic heterocycles. The van der Waals surface area contributed by atoms with Crippen molar-refractivity contribution >= 4 is 19.8 Å². The molecule has 0 aromatic rings. The molecule has 1 atom stereocenters. The first kappa shape index (κ1) is 36.8. The summed E-state index contributed by atoms with van der Waals surface area (Å²) < 4.78 is 25.9. The second-order valence-corrected chi connectivity index (χ2v) is 10.4. The highest BCUT2D eigenvalue weighted by Gasteiger charge is 2.22. The van der Waals surface area contributed by atoms with Crippen LogP contribution >= 0.6 is 7.82 Å². The van der Waals surface area contributed by atoms with E-state index < -0.39 is 32.5 Å². The number of phosphoric ester groups is 1. The molecular weight excluding hydrogens is 519 g/mol. The molecule has 2 N–H and O–H groups in total. The van der Waals surface area contributed by atoms with Crippen molar-refractivity contribution in [2.75, 3.05) is 13.2 Å². The molecule has 0 bridgehead atoms. The number of carbonyl (C=O) groups is 2. The molecule has 0 rings (SSSR count). The number of hydrogen-bond donors (Lipinski definition) is 2. The van der Waals surface area contributed by atoms with Crippen molar-refractivity contribution in [3.8, 4) is 0 Å². The number of hydrogen-bond acceptors (Lipinski definition) is 6. The summed E-state index contributed by atoms with van der Waals surface area (Å²) in [7, 11) is -4.76. The van der Waals surface area contributed by atoms with Crippen molar-refractivity contribution in [3.63, 3.8) is 0 Å². The van der Waals surface area contributed by atoms with Crippen molar-refractivity contribution in [2.45, 2.75) is 103 Å². The molecule has 0 radical (unpaired) electrons. The molecule has 0 aliphatic carbocycles. The number of unbranched alkanes of at least 4 members (excludes halogenated alkanes) is 8. The number of carbonyl (C=O) groups excluding carboxylic acids is 2. The van der Waals surface area contributed by atoms with Gasteiger partial charge in [-0.15, -0.1) is 0 Å². The van der Waals surface area contributed by atoms with Gasteiger partial charge in [-0.05, 0) is 25.7 Å². The van der Waals surface area contributed by atoms with E-state index in [1.54, 1.807) is 0 Å². The predicted molar refractivity (Wildman–Crippen MR) is 156 cm³/mol. The summed E-state index contributed by atoms with van der Waals surface area (Å²) in [5.41, 5.74) is 0. The Morgan fingerprint density at radius 3 is 1.82 bits per heavy atom. The first-order valence-electron chi connectivity index (χ1n) is 14.1. The summed E-state index contributed by atoms with van der Waals surface area (Å²) >= 11 is 0. The molecule has 0 saturated carbocycles. The highest BCUT2D eigenvalue weighted by Crippen LogP contribution is 2.35. The van der Waals surface area contributed by atoms with E-state index in [4.69, 9.17) is 19.3 Å². The molecule has 0 saturated heterocycles. The fourth-order valence-electron chi connectivity index (χ4n) is 3.34. The second-order valence-electron chi connectivity index (χ2n) is 9.12. The smallest absolute Gasteiger partial charge is 0.462 e.